The Labute approximate surface area is 115 Å². The summed E-state index contributed by atoms with van der Waals surface area (Å²) in [6.07, 6.45) is -0.0420. The van der Waals surface area contributed by atoms with Gasteiger partial charge in [0.2, 0.25) is 0 Å². The van der Waals surface area contributed by atoms with Gasteiger partial charge >= 0.3 is 7.60 Å². The Kier molecular flexibility index (Phi) is 5.99. The minimum Gasteiger partial charge on any atom is -0.309 e. The van der Waals surface area contributed by atoms with Crippen molar-refractivity contribution < 1.29 is 18.0 Å². The summed E-state index contributed by atoms with van der Waals surface area (Å²) in [7, 11) is -3.27. The van der Waals surface area contributed by atoms with E-state index in [1.54, 1.807) is 26.8 Å². The standard InChI is InChI=1S/C12H17BrFO3P/c1-4-16-18(15,17-5-2)8-11-9(3)6-10(13)7-12(11)14/h6-7H,4-5,8H2,1-3H3. The van der Waals surface area contributed by atoms with Gasteiger partial charge in [0, 0.05) is 10.0 Å². The summed E-state index contributed by atoms with van der Waals surface area (Å²) in [6, 6.07) is 3.13. The van der Waals surface area contributed by atoms with Gasteiger partial charge in [-0.3, -0.25) is 4.57 Å². The molecule has 1 rings (SSSR count). The molecule has 0 radical (unpaired) electrons. The van der Waals surface area contributed by atoms with E-state index in [2.05, 4.69) is 15.9 Å². The molecule has 0 fully saturated rings. The molecule has 6 heteroatoms. The molecule has 0 saturated carbocycles. The summed E-state index contributed by atoms with van der Waals surface area (Å²) in [4.78, 5) is 0. The first kappa shape index (κ1) is 15.8. The fourth-order valence-corrected chi connectivity index (χ4v) is 4.02. The molecule has 3 nitrogen and oxygen atoms in total. The highest BCUT2D eigenvalue weighted by Gasteiger charge is 2.26. The van der Waals surface area contributed by atoms with Crippen LogP contribution >= 0.6 is 23.5 Å². The number of hydrogen-bond acceptors (Lipinski definition) is 3. The molecule has 0 aliphatic rings. The Morgan fingerprint density at radius 3 is 2.28 bits per heavy atom. The molecule has 0 atom stereocenters. The first-order chi connectivity index (χ1) is 8.41. The Bertz CT molecular complexity index is 432. The van der Waals surface area contributed by atoms with Gasteiger partial charge in [-0.1, -0.05) is 15.9 Å². The van der Waals surface area contributed by atoms with Crippen molar-refractivity contribution in [1.29, 1.82) is 0 Å². The van der Waals surface area contributed by atoms with Crippen molar-refractivity contribution in [2.45, 2.75) is 26.9 Å². The lowest BCUT2D eigenvalue weighted by atomic mass is 10.1. The minimum absolute atomic E-state index is 0.0420. The highest BCUT2D eigenvalue weighted by atomic mass is 79.9. The van der Waals surface area contributed by atoms with Crippen LogP contribution in [0.4, 0.5) is 4.39 Å². The molecule has 0 heterocycles. The summed E-state index contributed by atoms with van der Waals surface area (Å²) in [5.41, 5.74) is 1.10. The summed E-state index contributed by atoms with van der Waals surface area (Å²) in [5.74, 6) is -0.401. The van der Waals surface area contributed by atoms with Gasteiger partial charge in [-0.15, -0.1) is 0 Å². The average Bonchev–Trinajstić information content (AvgIpc) is 2.24. The van der Waals surface area contributed by atoms with Crippen molar-refractivity contribution in [3.05, 3.63) is 33.5 Å². The van der Waals surface area contributed by atoms with Gasteiger partial charge in [0.1, 0.15) is 5.82 Å². The number of benzene rings is 1. The van der Waals surface area contributed by atoms with E-state index in [0.717, 1.165) is 5.56 Å². The Morgan fingerprint density at radius 1 is 1.28 bits per heavy atom. The van der Waals surface area contributed by atoms with Crippen LogP contribution in [0.25, 0.3) is 0 Å². The molecule has 0 unspecified atom stereocenters. The van der Waals surface area contributed by atoms with Gasteiger partial charge in [-0.05, 0) is 38.5 Å². The predicted octanol–water partition coefficient (Wildman–Crippen LogP) is 4.66. The molecule has 0 amide bonds. The zero-order valence-corrected chi connectivity index (χ0v) is 13.2. The Balaban J connectivity index is 3.04. The average molecular weight is 339 g/mol. The first-order valence-electron chi connectivity index (χ1n) is 5.74. The van der Waals surface area contributed by atoms with E-state index in [4.69, 9.17) is 9.05 Å². The molecule has 0 bridgehead atoms. The van der Waals surface area contributed by atoms with E-state index in [0.29, 0.717) is 10.0 Å². The third-order valence-electron chi connectivity index (χ3n) is 2.39. The van der Waals surface area contributed by atoms with Gasteiger partial charge < -0.3 is 9.05 Å². The lowest BCUT2D eigenvalue weighted by Crippen LogP contribution is -2.02. The van der Waals surface area contributed by atoms with Crippen molar-refractivity contribution in [2.24, 2.45) is 0 Å². The van der Waals surface area contributed by atoms with Crippen LogP contribution in [0.5, 0.6) is 0 Å². The third-order valence-corrected chi connectivity index (χ3v) is 4.85. The van der Waals surface area contributed by atoms with Crippen LogP contribution in [0, 0.1) is 12.7 Å². The number of aryl methyl sites for hydroxylation is 1. The van der Waals surface area contributed by atoms with Crippen molar-refractivity contribution in [2.75, 3.05) is 13.2 Å². The van der Waals surface area contributed by atoms with Crippen LogP contribution in [0.15, 0.2) is 16.6 Å². The van der Waals surface area contributed by atoms with Crippen molar-refractivity contribution >= 4 is 23.5 Å². The molecule has 0 saturated heterocycles. The maximum absolute atomic E-state index is 13.9. The van der Waals surface area contributed by atoms with E-state index >= 15 is 0 Å². The second-order valence-corrected chi connectivity index (χ2v) is 6.76. The Morgan fingerprint density at radius 2 is 1.83 bits per heavy atom. The monoisotopic (exact) mass is 338 g/mol. The molecule has 0 aliphatic carbocycles. The highest BCUT2D eigenvalue weighted by molar-refractivity contribution is 9.10. The summed E-state index contributed by atoms with van der Waals surface area (Å²) in [6.45, 7) is 5.78. The molecule has 1 aromatic rings. The summed E-state index contributed by atoms with van der Waals surface area (Å²) < 4.78 is 37.2. The molecular formula is C12H17BrFO3P. The maximum atomic E-state index is 13.9. The zero-order valence-electron chi connectivity index (χ0n) is 10.7. The Hall–Kier alpha value is -0.220. The van der Waals surface area contributed by atoms with Crippen molar-refractivity contribution in [3.63, 3.8) is 0 Å². The van der Waals surface area contributed by atoms with Crippen LogP contribution in [0.1, 0.15) is 25.0 Å². The number of hydrogen-bond donors (Lipinski definition) is 0. The number of halogens is 2. The van der Waals surface area contributed by atoms with Gasteiger partial charge in [0.05, 0.1) is 19.4 Å². The normalized spacial score (nSPS) is 11.8. The fourth-order valence-electron chi connectivity index (χ4n) is 1.65. The second kappa shape index (κ2) is 6.80. The van der Waals surface area contributed by atoms with Gasteiger partial charge in [0.15, 0.2) is 0 Å². The second-order valence-electron chi connectivity index (χ2n) is 3.79. The summed E-state index contributed by atoms with van der Waals surface area (Å²) >= 11 is 3.22. The molecule has 0 aromatic heterocycles. The number of rotatable bonds is 6. The molecule has 0 spiro atoms. The lowest BCUT2D eigenvalue weighted by Gasteiger charge is -2.18. The molecule has 102 valence electrons. The zero-order chi connectivity index (χ0) is 13.8. The lowest BCUT2D eigenvalue weighted by molar-refractivity contribution is 0.219. The third kappa shape index (κ3) is 4.16. The molecule has 18 heavy (non-hydrogen) atoms. The molecule has 0 aliphatic heterocycles. The maximum Gasteiger partial charge on any atom is 0.335 e. The SMILES string of the molecule is CCOP(=O)(Cc1c(C)cc(Br)cc1F)OCC. The van der Waals surface area contributed by atoms with Crippen LogP contribution in [0.3, 0.4) is 0 Å². The molecular weight excluding hydrogens is 322 g/mol. The van der Waals surface area contributed by atoms with Gasteiger partial charge in [0.25, 0.3) is 0 Å². The van der Waals surface area contributed by atoms with Gasteiger partial charge in [-0.25, -0.2) is 4.39 Å². The van der Waals surface area contributed by atoms with Crippen molar-refractivity contribution in [3.8, 4) is 0 Å². The first-order valence-corrected chi connectivity index (χ1v) is 8.26. The topological polar surface area (TPSA) is 35.5 Å². The minimum atomic E-state index is -3.27. The fraction of sp³-hybridized carbons (Fsp3) is 0.500. The van der Waals surface area contributed by atoms with Crippen LogP contribution in [-0.4, -0.2) is 13.2 Å². The molecule has 0 N–H and O–H groups in total. The molecule has 1 aromatic carbocycles. The van der Waals surface area contributed by atoms with E-state index < -0.39 is 13.4 Å². The van der Waals surface area contributed by atoms with Crippen LogP contribution < -0.4 is 0 Å². The van der Waals surface area contributed by atoms with Crippen LogP contribution in [0.2, 0.25) is 0 Å². The highest BCUT2D eigenvalue weighted by Crippen LogP contribution is 2.52. The van der Waals surface area contributed by atoms with E-state index in [1.165, 1.54) is 6.07 Å². The van der Waals surface area contributed by atoms with E-state index in [9.17, 15) is 8.96 Å². The van der Waals surface area contributed by atoms with Crippen LogP contribution in [-0.2, 0) is 19.8 Å². The van der Waals surface area contributed by atoms with E-state index in [-0.39, 0.29) is 19.4 Å². The predicted molar refractivity (Wildman–Crippen MR) is 73.4 cm³/mol. The van der Waals surface area contributed by atoms with Gasteiger partial charge in [-0.2, -0.15) is 0 Å². The summed E-state index contributed by atoms with van der Waals surface area (Å²) in [5, 5.41) is 0. The van der Waals surface area contributed by atoms with Crippen molar-refractivity contribution in [1.82, 2.24) is 0 Å². The quantitative estimate of drug-likeness (QED) is 0.707. The van der Waals surface area contributed by atoms with E-state index in [1.807, 2.05) is 0 Å². The smallest absolute Gasteiger partial charge is 0.309 e. The largest absolute Gasteiger partial charge is 0.335 e.